The maximum atomic E-state index is 12.6. The van der Waals surface area contributed by atoms with E-state index >= 15 is 0 Å². The van der Waals surface area contributed by atoms with Gasteiger partial charge in [-0.1, -0.05) is 41.9 Å². The largest absolute Gasteiger partial charge is 0.344 e. The summed E-state index contributed by atoms with van der Waals surface area (Å²) in [6.07, 6.45) is 3.20. The molecule has 9 heteroatoms. The van der Waals surface area contributed by atoms with Crippen LogP contribution in [-0.4, -0.2) is 27.7 Å². The molecule has 2 aromatic heterocycles. The van der Waals surface area contributed by atoms with Crippen LogP contribution in [0.4, 0.5) is 21.9 Å². The molecule has 0 bridgehead atoms. The molecule has 0 spiro atoms. The van der Waals surface area contributed by atoms with Crippen molar-refractivity contribution >= 4 is 63.4 Å². The molecule has 3 N–H and O–H groups in total. The third kappa shape index (κ3) is 4.15. The van der Waals surface area contributed by atoms with Crippen molar-refractivity contribution in [3.05, 3.63) is 77.6 Å². The van der Waals surface area contributed by atoms with Gasteiger partial charge in [-0.2, -0.15) is 0 Å². The Bertz CT molecular complexity index is 1320. The highest BCUT2D eigenvalue weighted by molar-refractivity contribution is 8.00. The minimum Gasteiger partial charge on any atom is -0.344 e. The van der Waals surface area contributed by atoms with E-state index in [4.69, 9.17) is 11.6 Å². The Morgan fingerprint density at radius 3 is 2.84 bits per heavy atom. The average molecular weight is 464 g/mol. The molecule has 3 amide bonds. The van der Waals surface area contributed by atoms with Crippen LogP contribution in [-0.2, 0) is 11.3 Å². The second-order valence-electron chi connectivity index (χ2n) is 7.27. The number of anilines is 3. The lowest BCUT2D eigenvalue weighted by Gasteiger charge is -2.29. The van der Waals surface area contributed by atoms with Crippen LogP contribution in [0.25, 0.3) is 11.0 Å². The smallest absolute Gasteiger partial charge is 0.323 e. The summed E-state index contributed by atoms with van der Waals surface area (Å²) in [5.41, 5.74) is 3.62. The minimum atomic E-state index is -0.407. The van der Waals surface area contributed by atoms with E-state index in [0.717, 1.165) is 16.1 Å². The molecule has 0 saturated carbocycles. The lowest BCUT2D eigenvalue weighted by atomic mass is 10.2. The van der Waals surface area contributed by atoms with Crippen LogP contribution in [0.2, 0.25) is 5.02 Å². The number of carbonyl (C=O) groups excluding carboxylic acids is 2. The normalized spacial score (nSPS) is 13.2. The van der Waals surface area contributed by atoms with E-state index in [1.165, 1.54) is 18.0 Å². The molecular weight excluding hydrogens is 446 g/mol. The number of H-pyrrole nitrogens is 1. The highest BCUT2D eigenvalue weighted by Crippen LogP contribution is 2.38. The number of pyridine rings is 1. The molecule has 3 heterocycles. The number of rotatable bonds is 4. The number of fused-ring (bicyclic) bond motifs is 2. The van der Waals surface area contributed by atoms with E-state index in [1.54, 1.807) is 17.2 Å². The second-order valence-corrected chi connectivity index (χ2v) is 8.72. The van der Waals surface area contributed by atoms with E-state index in [9.17, 15) is 9.59 Å². The number of aromatic nitrogens is 2. The van der Waals surface area contributed by atoms with Crippen LogP contribution in [0.3, 0.4) is 0 Å². The molecule has 2 aromatic carbocycles. The third-order valence-corrected chi connectivity index (χ3v) is 6.34. The highest BCUT2D eigenvalue weighted by atomic mass is 35.5. The third-order valence-electron chi connectivity index (χ3n) is 5.09. The number of urea groups is 1. The van der Waals surface area contributed by atoms with Crippen LogP contribution in [0, 0.1) is 0 Å². The summed E-state index contributed by atoms with van der Waals surface area (Å²) >= 11 is 7.53. The van der Waals surface area contributed by atoms with Crippen LogP contribution in [0.5, 0.6) is 0 Å². The van der Waals surface area contributed by atoms with E-state index in [2.05, 4.69) is 20.6 Å². The molecular formula is C23H18ClN5O2S. The first-order valence-electron chi connectivity index (χ1n) is 9.88. The van der Waals surface area contributed by atoms with Crippen molar-refractivity contribution < 1.29 is 9.59 Å². The molecule has 0 aliphatic carbocycles. The van der Waals surface area contributed by atoms with Gasteiger partial charge in [0.1, 0.15) is 5.65 Å². The van der Waals surface area contributed by atoms with Gasteiger partial charge in [-0.25, -0.2) is 9.78 Å². The molecule has 0 saturated heterocycles. The number of benzene rings is 2. The summed E-state index contributed by atoms with van der Waals surface area (Å²) < 4.78 is 0. The monoisotopic (exact) mass is 463 g/mol. The fraction of sp³-hybridized carbons (Fsp3) is 0.0870. The fourth-order valence-corrected chi connectivity index (χ4v) is 4.66. The predicted octanol–water partition coefficient (Wildman–Crippen LogP) is 5.50. The van der Waals surface area contributed by atoms with Gasteiger partial charge in [0.25, 0.3) is 0 Å². The molecule has 0 radical (unpaired) electrons. The Labute approximate surface area is 193 Å². The van der Waals surface area contributed by atoms with Crippen LogP contribution in [0.15, 0.2) is 71.9 Å². The van der Waals surface area contributed by atoms with Gasteiger partial charge in [0.05, 0.1) is 28.7 Å². The van der Waals surface area contributed by atoms with E-state index in [0.29, 0.717) is 39.7 Å². The van der Waals surface area contributed by atoms with Crippen molar-refractivity contribution in [2.75, 3.05) is 21.3 Å². The quantitative estimate of drug-likeness (QED) is 0.373. The van der Waals surface area contributed by atoms with E-state index < -0.39 is 6.03 Å². The van der Waals surface area contributed by atoms with Crippen molar-refractivity contribution in [2.45, 2.75) is 11.4 Å². The summed E-state index contributed by atoms with van der Waals surface area (Å²) in [7, 11) is 0. The molecule has 4 aromatic rings. The Morgan fingerprint density at radius 2 is 2.00 bits per heavy atom. The van der Waals surface area contributed by atoms with Crippen LogP contribution < -0.4 is 15.5 Å². The summed E-state index contributed by atoms with van der Waals surface area (Å²) in [6.45, 7) is 0.478. The topological polar surface area (TPSA) is 90.1 Å². The number of thioether (sulfide) groups is 1. The number of halogens is 1. The molecule has 0 fully saturated rings. The molecule has 1 aliphatic rings. The zero-order valence-electron chi connectivity index (χ0n) is 16.8. The summed E-state index contributed by atoms with van der Waals surface area (Å²) in [5.74, 6) is 0.431. The number of hydrogen-bond donors (Lipinski definition) is 3. The molecule has 160 valence electrons. The van der Waals surface area contributed by atoms with Gasteiger partial charge < -0.3 is 20.5 Å². The Balaban J connectivity index is 1.36. The molecule has 32 heavy (non-hydrogen) atoms. The zero-order chi connectivity index (χ0) is 22.1. The van der Waals surface area contributed by atoms with Gasteiger partial charge in [0.2, 0.25) is 5.91 Å². The number of amides is 3. The second kappa shape index (κ2) is 8.57. The molecule has 0 atom stereocenters. The van der Waals surface area contributed by atoms with Gasteiger partial charge in [-0.05, 0) is 29.8 Å². The predicted molar refractivity (Wildman–Crippen MR) is 129 cm³/mol. The summed E-state index contributed by atoms with van der Waals surface area (Å²) in [6, 6.07) is 16.8. The number of hydrogen-bond acceptors (Lipinski definition) is 4. The summed E-state index contributed by atoms with van der Waals surface area (Å²) in [4.78, 5) is 35.2. The molecule has 1 aliphatic heterocycles. The maximum Gasteiger partial charge on any atom is 0.323 e. The van der Waals surface area contributed by atoms with Gasteiger partial charge >= 0.3 is 6.03 Å². The van der Waals surface area contributed by atoms with Crippen LogP contribution >= 0.6 is 23.4 Å². The van der Waals surface area contributed by atoms with Gasteiger partial charge in [0.15, 0.2) is 0 Å². The lowest BCUT2D eigenvalue weighted by Crippen LogP contribution is -2.34. The Hall–Kier alpha value is -3.49. The standard InChI is InChI=1S/C23H18ClN5O2S/c24-15-8-17-18(11-26-22(17)25-10-15)28-23(31)27-16-6-7-20-19(9-16)29(21(30)13-32-20)12-14-4-2-1-3-5-14/h1-11H,12-13H2,(H,25,26)(H2,27,28,31). The first kappa shape index (κ1) is 20.4. The maximum absolute atomic E-state index is 12.6. The highest BCUT2D eigenvalue weighted by Gasteiger charge is 2.25. The average Bonchev–Trinajstić information content (AvgIpc) is 3.18. The zero-order valence-corrected chi connectivity index (χ0v) is 18.3. The van der Waals surface area contributed by atoms with Crippen molar-refractivity contribution in [1.82, 2.24) is 9.97 Å². The molecule has 0 unspecified atom stereocenters. The number of nitrogens with zero attached hydrogens (tertiary/aromatic N) is 2. The SMILES string of the molecule is O=C(Nc1ccc2c(c1)N(Cc1ccccc1)C(=O)CS2)Nc1c[nH]c2ncc(Cl)cc12. The number of carbonyl (C=O) groups is 2. The lowest BCUT2D eigenvalue weighted by molar-refractivity contribution is -0.116. The minimum absolute atomic E-state index is 0.0381. The molecule has 5 rings (SSSR count). The van der Waals surface area contributed by atoms with Crippen molar-refractivity contribution in [1.29, 1.82) is 0 Å². The molecule has 7 nitrogen and oxygen atoms in total. The van der Waals surface area contributed by atoms with Gasteiger partial charge in [-0.3, -0.25) is 4.79 Å². The van der Waals surface area contributed by atoms with E-state index in [-0.39, 0.29) is 5.91 Å². The number of nitrogens with one attached hydrogen (secondary N) is 3. The van der Waals surface area contributed by atoms with E-state index in [1.807, 2.05) is 48.5 Å². The van der Waals surface area contributed by atoms with Crippen molar-refractivity contribution in [3.63, 3.8) is 0 Å². The van der Waals surface area contributed by atoms with Gasteiger partial charge in [0, 0.05) is 28.4 Å². The summed E-state index contributed by atoms with van der Waals surface area (Å²) in [5, 5.41) is 6.86. The van der Waals surface area contributed by atoms with Crippen molar-refractivity contribution in [2.24, 2.45) is 0 Å². The first-order chi connectivity index (χ1) is 15.6. The number of aromatic amines is 1. The first-order valence-corrected chi connectivity index (χ1v) is 11.2. The Morgan fingerprint density at radius 1 is 1.16 bits per heavy atom. The fourth-order valence-electron chi connectivity index (χ4n) is 3.59. The van der Waals surface area contributed by atoms with Gasteiger partial charge in [-0.15, -0.1) is 11.8 Å². The Kier molecular flexibility index (Phi) is 5.46. The van der Waals surface area contributed by atoms with Crippen LogP contribution in [0.1, 0.15) is 5.56 Å². The van der Waals surface area contributed by atoms with Crippen molar-refractivity contribution in [3.8, 4) is 0 Å².